The van der Waals surface area contributed by atoms with Gasteiger partial charge in [0, 0.05) is 5.39 Å². The molecule has 0 saturated carbocycles. The molecule has 4 N–H and O–H groups in total. The highest BCUT2D eigenvalue weighted by Crippen LogP contribution is 2.30. The molecule has 1 heterocycles. The summed E-state index contributed by atoms with van der Waals surface area (Å²) in [5, 5.41) is 5.50. The van der Waals surface area contributed by atoms with Gasteiger partial charge in [0.2, 0.25) is 5.95 Å². The van der Waals surface area contributed by atoms with Crippen LogP contribution in [-0.4, -0.2) is 9.97 Å². The molecule has 0 saturated heterocycles. The van der Waals surface area contributed by atoms with E-state index in [2.05, 4.69) is 34.2 Å². The first-order valence-corrected chi connectivity index (χ1v) is 6.36. The molecule has 0 aliphatic carbocycles. The number of nitrogens with two attached hydrogens (primary N) is 2. The van der Waals surface area contributed by atoms with Gasteiger partial charge in [-0.05, 0) is 33.7 Å². The lowest BCUT2D eigenvalue weighted by Crippen LogP contribution is -2.00. The summed E-state index contributed by atoms with van der Waals surface area (Å²) >= 11 is 0. The van der Waals surface area contributed by atoms with Crippen LogP contribution in [0.25, 0.3) is 32.4 Å². The Morgan fingerprint density at radius 1 is 0.700 bits per heavy atom. The van der Waals surface area contributed by atoms with Crippen molar-refractivity contribution in [2.75, 3.05) is 11.5 Å². The molecular weight excluding hydrogens is 248 g/mol. The van der Waals surface area contributed by atoms with Crippen molar-refractivity contribution in [2.45, 2.75) is 0 Å². The van der Waals surface area contributed by atoms with Crippen LogP contribution in [0, 0.1) is 0 Å². The van der Waals surface area contributed by atoms with Crippen molar-refractivity contribution in [2.24, 2.45) is 0 Å². The van der Waals surface area contributed by atoms with Crippen molar-refractivity contribution in [1.29, 1.82) is 0 Å². The SMILES string of the molecule is Nc1nc(N)c2cc3c(ccc4ccccc43)cc2n1. The van der Waals surface area contributed by atoms with Gasteiger partial charge in [0.1, 0.15) is 5.82 Å². The molecule has 4 nitrogen and oxygen atoms in total. The van der Waals surface area contributed by atoms with E-state index >= 15 is 0 Å². The van der Waals surface area contributed by atoms with E-state index in [-0.39, 0.29) is 5.95 Å². The summed E-state index contributed by atoms with van der Waals surface area (Å²) in [4.78, 5) is 8.29. The Kier molecular flexibility index (Phi) is 2.09. The highest BCUT2D eigenvalue weighted by atomic mass is 15.0. The van der Waals surface area contributed by atoms with Gasteiger partial charge in [0.15, 0.2) is 0 Å². The number of hydrogen-bond acceptors (Lipinski definition) is 4. The molecule has 96 valence electrons. The molecule has 0 spiro atoms. The van der Waals surface area contributed by atoms with Crippen LogP contribution in [0.15, 0.2) is 48.5 Å². The van der Waals surface area contributed by atoms with Crippen molar-refractivity contribution >= 4 is 44.2 Å². The summed E-state index contributed by atoms with van der Waals surface area (Å²) in [5.41, 5.74) is 12.4. The Hall–Kier alpha value is -2.88. The van der Waals surface area contributed by atoms with Crippen molar-refractivity contribution in [3.63, 3.8) is 0 Å². The van der Waals surface area contributed by atoms with Gasteiger partial charge in [0.25, 0.3) is 0 Å². The van der Waals surface area contributed by atoms with Crippen LogP contribution in [-0.2, 0) is 0 Å². The van der Waals surface area contributed by atoms with Crippen LogP contribution in [0.4, 0.5) is 11.8 Å². The predicted octanol–water partition coefficient (Wildman–Crippen LogP) is 3.10. The lowest BCUT2D eigenvalue weighted by atomic mass is 10.0. The first-order valence-electron chi connectivity index (χ1n) is 6.36. The van der Waals surface area contributed by atoms with E-state index < -0.39 is 0 Å². The Bertz CT molecular complexity index is 976. The third kappa shape index (κ3) is 1.48. The molecule has 4 rings (SSSR count). The standard InChI is InChI=1S/C16H12N4/c17-15-13-8-12-10(7-14(13)19-16(18)20-15)6-5-9-3-1-2-4-11(9)12/h1-8H,(H4,17,18,19,20). The van der Waals surface area contributed by atoms with Gasteiger partial charge in [-0.1, -0.05) is 36.4 Å². The van der Waals surface area contributed by atoms with Crippen molar-refractivity contribution < 1.29 is 0 Å². The molecule has 0 radical (unpaired) electrons. The van der Waals surface area contributed by atoms with Crippen molar-refractivity contribution in [1.82, 2.24) is 9.97 Å². The van der Waals surface area contributed by atoms with E-state index in [1.165, 1.54) is 10.8 Å². The number of rotatable bonds is 0. The lowest BCUT2D eigenvalue weighted by molar-refractivity contribution is 1.25. The monoisotopic (exact) mass is 260 g/mol. The van der Waals surface area contributed by atoms with Crippen LogP contribution in [0.3, 0.4) is 0 Å². The van der Waals surface area contributed by atoms with E-state index in [4.69, 9.17) is 11.5 Å². The topological polar surface area (TPSA) is 77.8 Å². The summed E-state index contributed by atoms with van der Waals surface area (Å²) in [6, 6.07) is 16.5. The van der Waals surface area contributed by atoms with Crippen LogP contribution < -0.4 is 11.5 Å². The van der Waals surface area contributed by atoms with Crippen LogP contribution in [0.2, 0.25) is 0 Å². The smallest absolute Gasteiger partial charge is 0.222 e. The predicted molar refractivity (Wildman–Crippen MR) is 83.4 cm³/mol. The number of fused-ring (bicyclic) bond motifs is 4. The zero-order chi connectivity index (χ0) is 13.7. The minimum atomic E-state index is 0.204. The molecule has 20 heavy (non-hydrogen) atoms. The molecule has 0 atom stereocenters. The highest BCUT2D eigenvalue weighted by molar-refractivity contribution is 6.12. The van der Waals surface area contributed by atoms with E-state index in [0.717, 1.165) is 21.7 Å². The zero-order valence-corrected chi connectivity index (χ0v) is 10.7. The third-order valence-corrected chi connectivity index (χ3v) is 3.61. The third-order valence-electron chi connectivity index (χ3n) is 3.61. The number of nitrogens with zero attached hydrogens (tertiary/aromatic N) is 2. The van der Waals surface area contributed by atoms with E-state index in [1.54, 1.807) is 0 Å². The summed E-state index contributed by atoms with van der Waals surface area (Å²) in [6.45, 7) is 0. The summed E-state index contributed by atoms with van der Waals surface area (Å²) in [5.74, 6) is 0.623. The normalized spacial score (nSPS) is 11.4. The van der Waals surface area contributed by atoms with Gasteiger partial charge in [-0.25, -0.2) is 4.98 Å². The lowest BCUT2D eigenvalue weighted by Gasteiger charge is -2.07. The van der Waals surface area contributed by atoms with Crippen LogP contribution >= 0.6 is 0 Å². The fraction of sp³-hybridized carbons (Fsp3) is 0. The molecule has 0 amide bonds. The first-order chi connectivity index (χ1) is 9.72. The number of benzene rings is 3. The second kappa shape index (κ2) is 3.81. The van der Waals surface area contributed by atoms with Gasteiger partial charge >= 0.3 is 0 Å². The van der Waals surface area contributed by atoms with Gasteiger partial charge < -0.3 is 11.5 Å². The van der Waals surface area contributed by atoms with Crippen LogP contribution in [0.5, 0.6) is 0 Å². The Balaban J connectivity index is 2.24. The molecule has 0 aliphatic heterocycles. The highest BCUT2D eigenvalue weighted by Gasteiger charge is 2.07. The summed E-state index contributed by atoms with van der Waals surface area (Å²) < 4.78 is 0. The molecule has 0 aliphatic rings. The average Bonchev–Trinajstić information content (AvgIpc) is 2.45. The molecule has 1 aromatic heterocycles. The van der Waals surface area contributed by atoms with Gasteiger partial charge in [-0.15, -0.1) is 0 Å². The van der Waals surface area contributed by atoms with Gasteiger partial charge in [-0.3, -0.25) is 0 Å². The molecular formula is C16H12N4. The minimum absolute atomic E-state index is 0.204. The maximum atomic E-state index is 5.96. The van der Waals surface area contributed by atoms with Gasteiger partial charge in [0.05, 0.1) is 5.52 Å². The Morgan fingerprint density at radius 3 is 2.40 bits per heavy atom. The van der Waals surface area contributed by atoms with Gasteiger partial charge in [-0.2, -0.15) is 4.98 Å². The Morgan fingerprint density at radius 2 is 1.50 bits per heavy atom. The van der Waals surface area contributed by atoms with Crippen molar-refractivity contribution in [3.05, 3.63) is 48.5 Å². The Labute approximate surface area is 115 Å². The molecule has 0 fully saturated rings. The number of hydrogen-bond donors (Lipinski definition) is 2. The number of nitrogen functional groups attached to an aromatic ring is 2. The number of anilines is 2. The number of aromatic nitrogens is 2. The first kappa shape index (κ1) is 11.0. The summed E-state index contributed by atoms with van der Waals surface area (Å²) in [6.07, 6.45) is 0. The van der Waals surface area contributed by atoms with E-state index in [0.29, 0.717) is 5.82 Å². The fourth-order valence-electron chi connectivity index (χ4n) is 2.67. The fourth-order valence-corrected chi connectivity index (χ4v) is 2.67. The minimum Gasteiger partial charge on any atom is -0.383 e. The molecule has 3 aromatic carbocycles. The molecule has 4 aromatic rings. The van der Waals surface area contributed by atoms with Crippen molar-refractivity contribution in [3.8, 4) is 0 Å². The average molecular weight is 260 g/mol. The quantitative estimate of drug-likeness (QED) is 0.376. The largest absolute Gasteiger partial charge is 0.383 e. The molecule has 4 heteroatoms. The summed E-state index contributed by atoms with van der Waals surface area (Å²) in [7, 11) is 0. The van der Waals surface area contributed by atoms with Crippen LogP contribution in [0.1, 0.15) is 0 Å². The van der Waals surface area contributed by atoms with E-state index in [1.807, 2.05) is 24.3 Å². The molecule has 0 bridgehead atoms. The maximum absolute atomic E-state index is 5.96. The van der Waals surface area contributed by atoms with E-state index in [9.17, 15) is 0 Å². The molecule has 0 unspecified atom stereocenters. The second-order valence-corrected chi connectivity index (χ2v) is 4.84. The maximum Gasteiger partial charge on any atom is 0.222 e. The second-order valence-electron chi connectivity index (χ2n) is 4.84. The zero-order valence-electron chi connectivity index (χ0n) is 10.7.